The number of allylic oxidation sites excluding steroid dienone is 1. The van der Waals surface area contributed by atoms with Crippen molar-refractivity contribution >= 4 is 11.6 Å². The van der Waals surface area contributed by atoms with Crippen LogP contribution in [0.2, 0.25) is 0 Å². The SMILES string of the molecule is COC1(OC)C(=O)[C@@]2(C)C=C[C@@H]1C[C@@H]2C(C)=O. The third-order valence-electron chi connectivity index (χ3n) is 4.28. The van der Waals surface area contributed by atoms with Crippen LogP contribution in [0.3, 0.4) is 0 Å². The van der Waals surface area contributed by atoms with Crippen molar-refractivity contribution in [3.63, 3.8) is 0 Å². The molecule has 0 aromatic heterocycles. The maximum atomic E-state index is 12.6. The highest BCUT2D eigenvalue weighted by molar-refractivity contribution is 6.00. The maximum Gasteiger partial charge on any atom is 0.235 e. The molecule has 0 amide bonds. The van der Waals surface area contributed by atoms with Crippen LogP contribution >= 0.6 is 0 Å². The smallest absolute Gasteiger partial charge is 0.235 e. The van der Waals surface area contributed by atoms with Crippen molar-refractivity contribution in [3.05, 3.63) is 12.2 Å². The summed E-state index contributed by atoms with van der Waals surface area (Å²) in [4.78, 5) is 24.2. The summed E-state index contributed by atoms with van der Waals surface area (Å²) < 4.78 is 10.7. The molecule has 1 saturated carbocycles. The summed E-state index contributed by atoms with van der Waals surface area (Å²) in [5.41, 5.74) is -0.799. The number of hydrogen-bond donors (Lipinski definition) is 0. The molecule has 4 heteroatoms. The summed E-state index contributed by atoms with van der Waals surface area (Å²) in [5.74, 6) is -1.75. The second-order valence-corrected chi connectivity index (χ2v) is 5.05. The fourth-order valence-electron chi connectivity index (χ4n) is 3.23. The first kappa shape index (κ1) is 12.5. The molecule has 0 radical (unpaired) electrons. The van der Waals surface area contributed by atoms with E-state index < -0.39 is 11.2 Å². The van der Waals surface area contributed by atoms with E-state index in [0.717, 1.165) is 0 Å². The molecule has 0 spiro atoms. The molecule has 2 bridgehead atoms. The van der Waals surface area contributed by atoms with Gasteiger partial charge in [0.2, 0.25) is 11.6 Å². The average Bonchev–Trinajstić information content (AvgIpc) is 2.31. The van der Waals surface area contributed by atoms with Gasteiger partial charge in [0.05, 0.1) is 5.41 Å². The van der Waals surface area contributed by atoms with Crippen LogP contribution in [0.25, 0.3) is 0 Å². The Kier molecular flexibility index (Phi) is 2.75. The monoisotopic (exact) mass is 238 g/mol. The van der Waals surface area contributed by atoms with Crippen molar-refractivity contribution in [2.24, 2.45) is 17.3 Å². The normalized spacial score (nSPS) is 38.5. The number of carbonyl (C=O) groups is 2. The Morgan fingerprint density at radius 3 is 2.47 bits per heavy atom. The van der Waals surface area contributed by atoms with E-state index in [-0.39, 0.29) is 23.4 Å². The van der Waals surface area contributed by atoms with Crippen LogP contribution in [0.5, 0.6) is 0 Å². The minimum absolute atomic E-state index is 0.0519. The zero-order valence-corrected chi connectivity index (χ0v) is 10.6. The first-order valence-electron chi connectivity index (χ1n) is 5.77. The van der Waals surface area contributed by atoms with E-state index >= 15 is 0 Å². The van der Waals surface area contributed by atoms with Crippen molar-refractivity contribution in [2.75, 3.05) is 14.2 Å². The fraction of sp³-hybridized carbons (Fsp3) is 0.692. The fourth-order valence-corrected chi connectivity index (χ4v) is 3.23. The maximum absolute atomic E-state index is 12.6. The lowest BCUT2D eigenvalue weighted by atomic mass is 9.55. The van der Waals surface area contributed by atoms with Gasteiger partial charge >= 0.3 is 0 Å². The third kappa shape index (κ3) is 1.37. The molecule has 94 valence electrons. The highest BCUT2D eigenvalue weighted by Gasteiger charge is 2.63. The van der Waals surface area contributed by atoms with Gasteiger partial charge in [-0.1, -0.05) is 12.2 Å². The lowest BCUT2D eigenvalue weighted by molar-refractivity contribution is -0.245. The molecule has 0 unspecified atom stereocenters. The van der Waals surface area contributed by atoms with Crippen LogP contribution < -0.4 is 0 Å². The number of Topliss-reactive ketones (excluding diaryl/α,β-unsaturated/α-hetero) is 2. The average molecular weight is 238 g/mol. The predicted octanol–water partition coefficient (Wildman–Crippen LogP) is 1.35. The largest absolute Gasteiger partial charge is 0.347 e. The van der Waals surface area contributed by atoms with Gasteiger partial charge in [-0.05, 0) is 20.3 Å². The third-order valence-corrected chi connectivity index (χ3v) is 4.28. The Labute approximate surface area is 101 Å². The van der Waals surface area contributed by atoms with Crippen molar-refractivity contribution in [2.45, 2.75) is 26.1 Å². The Bertz CT molecular complexity index is 394. The minimum atomic E-state index is -1.21. The van der Waals surface area contributed by atoms with Crippen LogP contribution in [0.1, 0.15) is 20.3 Å². The summed E-state index contributed by atoms with van der Waals surface area (Å²) in [6.07, 6.45) is 4.38. The van der Waals surface area contributed by atoms with E-state index in [0.29, 0.717) is 6.42 Å². The van der Waals surface area contributed by atoms with E-state index in [1.807, 2.05) is 12.2 Å². The number of rotatable bonds is 3. The molecule has 0 heterocycles. The lowest BCUT2D eigenvalue weighted by Crippen LogP contribution is -2.64. The first-order chi connectivity index (χ1) is 7.92. The molecule has 17 heavy (non-hydrogen) atoms. The highest BCUT2D eigenvalue weighted by Crippen LogP contribution is 2.53. The van der Waals surface area contributed by atoms with Crippen LogP contribution in [0.15, 0.2) is 12.2 Å². The Morgan fingerprint density at radius 1 is 1.41 bits per heavy atom. The Morgan fingerprint density at radius 2 is 2.00 bits per heavy atom. The van der Waals surface area contributed by atoms with E-state index in [1.54, 1.807) is 13.8 Å². The molecule has 0 saturated heterocycles. The minimum Gasteiger partial charge on any atom is -0.347 e. The molecule has 4 nitrogen and oxygen atoms in total. The van der Waals surface area contributed by atoms with E-state index in [1.165, 1.54) is 14.2 Å². The molecule has 0 aromatic rings. The first-order valence-corrected chi connectivity index (χ1v) is 5.77. The molecule has 3 aliphatic carbocycles. The van der Waals surface area contributed by atoms with Gasteiger partial charge in [-0.25, -0.2) is 0 Å². The second-order valence-electron chi connectivity index (χ2n) is 5.05. The number of ether oxygens (including phenoxy) is 2. The molecular weight excluding hydrogens is 220 g/mol. The number of hydrogen-bond acceptors (Lipinski definition) is 4. The summed E-state index contributed by atoms with van der Waals surface area (Å²) in [6, 6.07) is 0. The van der Waals surface area contributed by atoms with Crippen LogP contribution in [-0.4, -0.2) is 31.6 Å². The van der Waals surface area contributed by atoms with Gasteiger partial charge in [-0.2, -0.15) is 0 Å². The van der Waals surface area contributed by atoms with E-state index in [2.05, 4.69) is 0 Å². The lowest BCUT2D eigenvalue weighted by Gasteiger charge is -2.52. The van der Waals surface area contributed by atoms with Crippen molar-refractivity contribution < 1.29 is 19.1 Å². The quantitative estimate of drug-likeness (QED) is 0.550. The van der Waals surface area contributed by atoms with Crippen molar-refractivity contribution in [1.82, 2.24) is 0 Å². The molecule has 3 atom stereocenters. The zero-order valence-electron chi connectivity index (χ0n) is 10.6. The second kappa shape index (κ2) is 3.75. The van der Waals surface area contributed by atoms with Gasteiger partial charge < -0.3 is 9.47 Å². The van der Waals surface area contributed by atoms with Crippen LogP contribution in [-0.2, 0) is 19.1 Å². The Balaban J connectivity index is 2.51. The predicted molar refractivity (Wildman–Crippen MR) is 61.3 cm³/mol. The summed E-state index contributed by atoms with van der Waals surface area (Å²) in [7, 11) is 2.95. The standard InChI is InChI=1S/C13H18O4/c1-8(14)10-7-9-5-6-12(10,2)11(15)13(9,16-3)17-4/h5-6,9-10H,7H2,1-4H3/t9-,10-,12+/m1/s1. The molecule has 0 N–H and O–H groups in total. The Hall–Kier alpha value is -1.00. The number of carbonyl (C=O) groups excluding carboxylic acids is 2. The van der Waals surface area contributed by atoms with Gasteiger partial charge in [0.15, 0.2) is 0 Å². The molecular formula is C13H18O4. The van der Waals surface area contributed by atoms with Crippen molar-refractivity contribution in [1.29, 1.82) is 0 Å². The zero-order chi connectivity index (χ0) is 12.8. The number of ketones is 2. The van der Waals surface area contributed by atoms with Crippen molar-refractivity contribution in [3.8, 4) is 0 Å². The summed E-state index contributed by atoms with van der Waals surface area (Å²) in [5, 5.41) is 0. The molecule has 1 fully saturated rings. The molecule has 0 aliphatic heterocycles. The van der Waals surface area contributed by atoms with Gasteiger partial charge in [0.25, 0.3) is 0 Å². The topological polar surface area (TPSA) is 52.6 Å². The summed E-state index contributed by atoms with van der Waals surface area (Å²) >= 11 is 0. The number of fused-ring (bicyclic) bond motifs is 2. The van der Waals surface area contributed by atoms with E-state index in [9.17, 15) is 9.59 Å². The molecule has 3 aliphatic rings. The van der Waals surface area contributed by atoms with E-state index in [4.69, 9.17) is 9.47 Å². The van der Waals surface area contributed by atoms with Crippen LogP contribution in [0, 0.1) is 17.3 Å². The van der Waals surface area contributed by atoms with Gasteiger partial charge in [0.1, 0.15) is 5.78 Å². The molecule has 3 rings (SSSR count). The van der Waals surface area contributed by atoms with Crippen LogP contribution in [0.4, 0.5) is 0 Å². The van der Waals surface area contributed by atoms with Gasteiger partial charge in [-0.15, -0.1) is 0 Å². The molecule has 0 aromatic carbocycles. The number of methoxy groups -OCH3 is 2. The summed E-state index contributed by atoms with van der Waals surface area (Å²) in [6.45, 7) is 3.33. The van der Waals surface area contributed by atoms with Gasteiger partial charge in [0, 0.05) is 26.1 Å². The van der Waals surface area contributed by atoms with Gasteiger partial charge in [-0.3, -0.25) is 9.59 Å². The highest BCUT2D eigenvalue weighted by atomic mass is 16.7.